The summed E-state index contributed by atoms with van der Waals surface area (Å²) in [6.45, 7) is 0.331. The molecule has 8 nitrogen and oxygen atoms in total. The number of aliphatic hydroxyl groups is 4. The zero-order chi connectivity index (χ0) is 12.7. The van der Waals surface area contributed by atoms with Crippen LogP contribution < -0.4 is 5.48 Å². The van der Waals surface area contributed by atoms with Gasteiger partial charge in [-0.25, -0.2) is 5.48 Å². The molecule has 0 fully saturated rings. The van der Waals surface area contributed by atoms with E-state index in [-0.39, 0.29) is 6.29 Å². The minimum absolute atomic E-state index is 0.147. The summed E-state index contributed by atoms with van der Waals surface area (Å²) >= 11 is 0. The fourth-order valence-corrected chi connectivity index (χ4v) is 0.859. The second-order valence-electron chi connectivity index (χ2n) is 3.11. The number of carbonyl (C=O) groups excluding carboxylic acids is 2. The molecule has 0 aliphatic carbocycles. The largest absolute Gasteiger partial charge is 0.394 e. The van der Waals surface area contributed by atoms with E-state index in [1.54, 1.807) is 5.48 Å². The maximum Gasteiger partial charge on any atom is 0.240 e. The maximum absolute atomic E-state index is 10.5. The van der Waals surface area contributed by atoms with E-state index in [2.05, 4.69) is 4.84 Å². The zero-order valence-corrected chi connectivity index (χ0v) is 8.61. The van der Waals surface area contributed by atoms with Gasteiger partial charge in [-0.15, -0.1) is 0 Å². The lowest BCUT2D eigenvalue weighted by atomic mass is 10.0. The van der Waals surface area contributed by atoms with Gasteiger partial charge in [-0.3, -0.25) is 9.63 Å². The third-order valence-electron chi connectivity index (χ3n) is 1.74. The molecular weight excluding hydrogens is 222 g/mol. The fourth-order valence-electron chi connectivity index (χ4n) is 0.859. The molecule has 0 radical (unpaired) electrons. The third kappa shape index (κ3) is 4.64. The molecule has 0 aliphatic rings. The van der Waals surface area contributed by atoms with Crippen LogP contribution in [-0.2, 0) is 14.4 Å². The SMILES string of the molecule is CC(=O)NO[C@@H](C=O)[C@@H](O)[C@H](O)[C@H](O)CO. The van der Waals surface area contributed by atoms with Crippen LogP contribution in [0, 0.1) is 0 Å². The molecular formula is C8H15NO7. The van der Waals surface area contributed by atoms with Crippen LogP contribution >= 0.6 is 0 Å². The Labute approximate surface area is 91.4 Å². The van der Waals surface area contributed by atoms with Gasteiger partial charge in [0.1, 0.15) is 18.3 Å². The van der Waals surface area contributed by atoms with Crippen molar-refractivity contribution in [3.63, 3.8) is 0 Å². The molecule has 1 amide bonds. The fraction of sp³-hybridized carbons (Fsp3) is 0.750. The predicted octanol–water partition coefficient (Wildman–Crippen LogP) is -3.30. The molecule has 0 saturated carbocycles. The van der Waals surface area contributed by atoms with Crippen molar-refractivity contribution in [2.24, 2.45) is 0 Å². The Morgan fingerprint density at radius 3 is 2.31 bits per heavy atom. The number of nitrogens with one attached hydrogen (secondary N) is 1. The number of hydrogen-bond acceptors (Lipinski definition) is 7. The number of aliphatic hydroxyl groups excluding tert-OH is 4. The number of carbonyl (C=O) groups is 2. The van der Waals surface area contributed by atoms with E-state index in [1.807, 2.05) is 0 Å². The molecule has 0 rings (SSSR count). The van der Waals surface area contributed by atoms with Gasteiger partial charge >= 0.3 is 0 Å². The summed E-state index contributed by atoms with van der Waals surface area (Å²) in [5.74, 6) is -0.601. The van der Waals surface area contributed by atoms with E-state index in [0.717, 1.165) is 6.92 Å². The molecule has 4 atom stereocenters. The molecule has 16 heavy (non-hydrogen) atoms. The van der Waals surface area contributed by atoms with Crippen molar-refractivity contribution in [3.05, 3.63) is 0 Å². The Hall–Kier alpha value is -1.06. The maximum atomic E-state index is 10.5. The number of hydrogen-bond donors (Lipinski definition) is 5. The van der Waals surface area contributed by atoms with E-state index in [4.69, 9.17) is 10.2 Å². The number of amides is 1. The summed E-state index contributed by atoms with van der Waals surface area (Å²) in [5, 5.41) is 36.1. The first-order valence-electron chi connectivity index (χ1n) is 4.46. The Morgan fingerprint density at radius 1 is 1.38 bits per heavy atom. The Morgan fingerprint density at radius 2 is 1.94 bits per heavy atom. The molecule has 94 valence electrons. The van der Waals surface area contributed by atoms with Gasteiger partial charge in [0.25, 0.3) is 0 Å². The first kappa shape index (κ1) is 14.9. The molecule has 0 heterocycles. The summed E-state index contributed by atoms with van der Waals surface area (Å²) in [4.78, 5) is 25.4. The van der Waals surface area contributed by atoms with E-state index in [9.17, 15) is 19.8 Å². The van der Waals surface area contributed by atoms with Crippen molar-refractivity contribution in [2.45, 2.75) is 31.3 Å². The standard InChI is InChI=1S/C8H15NO7/c1-4(12)9-16-6(3-11)8(15)7(14)5(13)2-10/h3,5-8,10,13-15H,2H2,1H3,(H,9,12)/t5-,6+,7-,8-/m1/s1. The van der Waals surface area contributed by atoms with Crippen LogP contribution in [0.2, 0.25) is 0 Å². The van der Waals surface area contributed by atoms with Crippen LogP contribution in [0.15, 0.2) is 0 Å². The number of hydroxylamine groups is 1. The quantitative estimate of drug-likeness (QED) is 0.231. The minimum Gasteiger partial charge on any atom is -0.394 e. The van der Waals surface area contributed by atoms with E-state index < -0.39 is 36.9 Å². The van der Waals surface area contributed by atoms with E-state index >= 15 is 0 Å². The highest BCUT2D eigenvalue weighted by Crippen LogP contribution is 2.05. The van der Waals surface area contributed by atoms with Gasteiger partial charge in [-0.05, 0) is 0 Å². The molecule has 0 spiro atoms. The number of aldehydes is 1. The normalized spacial score (nSPS) is 18.3. The molecule has 0 unspecified atom stereocenters. The van der Waals surface area contributed by atoms with Crippen LogP contribution in [0.1, 0.15) is 6.92 Å². The Bertz CT molecular complexity index is 234. The Balaban J connectivity index is 4.33. The monoisotopic (exact) mass is 237 g/mol. The second kappa shape index (κ2) is 7.25. The van der Waals surface area contributed by atoms with Crippen molar-refractivity contribution < 1.29 is 34.9 Å². The van der Waals surface area contributed by atoms with Crippen LogP contribution in [0.25, 0.3) is 0 Å². The molecule has 0 bridgehead atoms. The third-order valence-corrected chi connectivity index (χ3v) is 1.74. The van der Waals surface area contributed by atoms with Crippen molar-refractivity contribution in [1.82, 2.24) is 5.48 Å². The Kier molecular flexibility index (Phi) is 6.77. The van der Waals surface area contributed by atoms with Gasteiger partial charge in [-0.2, -0.15) is 0 Å². The average Bonchev–Trinajstić information content (AvgIpc) is 2.27. The first-order valence-corrected chi connectivity index (χ1v) is 4.46. The highest BCUT2D eigenvalue weighted by atomic mass is 16.7. The molecule has 0 aromatic carbocycles. The van der Waals surface area contributed by atoms with Gasteiger partial charge in [0.05, 0.1) is 6.61 Å². The second-order valence-corrected chi connectivity index (χ2v) is 3.11. The van der Waals surface area contributed by atoms with Crippen LogP contribution in [0.4, 0.5) is 0 Å². The molecule has 0 aliphatic heterocycles. The summed E-state index contributed by atoms with van der Waals surface area (Å²) in [6.07, 6.45) is -6.55. The smallest absolute Gasteiger partial charge is 0.240 e. The van der Waals surface area contributed by atoms with Gasteiger partial charge in [0, 0.05) is 6.92 Å². The van der Waals surface area contributed by atoms with Crippen molar-refractivity contribution in [1.29, 1.82) is 0 Å². The predicted molar refractivity (Wildman–Crippen MR) is 49.9 cm³/mol. The summed E-state index contributed by atoms with van der Waals surface area (Å²) < 4.78 is 0. The van der Waals surface area contributed by atoms with Gasteiger partial charge in [0.2, 0.25) is 5.91 Å². The van der Waals surface area contributed by atoms with Crippen molar-refractivity contribution in [2.75, 3.05) is 6.61 Å². The van der Waals surface area contributed by atoms with Crippen molar-refractivity contribution >= 4 is 12.2 Å². The van der Waals surface area contributed by atoms with Crippen molar-refractivity contribution in [3.8, 4) is 0 Å². The number of rotatable bonds is 7. The molecule has 0 saturated heterocycles. The van der Waals surface area contributed by atoms with Gasteiger partial charge in [-0.1, -0.05) is 0 Å². The van der Waals surface area contributed by atoms with Crippen LogP contribution in [0.5, 0.6) is 0 Å². The highest BCUT2D eigenvalue weighted by molar-refractivity contribution is 5.71. The van der Waals surface area contributed by atoms with Crippen LogP contribution in [-0.4, -0.2) is 63.6 Å². The van der Waals surface area contributed by atoms with Crippen LogP contribution in [0.3, 0.4) is 0 Å². The molecule has 5 N–H and O–H groups in total. The lowest BCUT2D eigenvalue weighted by Crippen LogP contribution is -2.49. The summed E-state index contributed by atoms with van der Waals surface area (Å²) in [6, 6.07) is 0. The first-order chi connectivity index (χ1) is 7.43. The molecule has 0 aromatic rings. The summed E-state index contributed by atoms with van der Waals surface area (Å²) in [7, 11) is 0. The molecule has 0 aromatic heterocycles. The lowest BCUT2D eigenvalue weighted by molar-refractivity contribution is -0.165. The van der Waals surface area contributed by atoms with Gasteiger partial charge < -0.3 is 25.2 Å². The topological polar surface area (TPSA) is 136 Å². The zero-order valence-electron chi connectivity index (χ0n) is 8.61. The van der Waals surface area contributed by atoms with E-state index in [1.165, 1.54) is 0 Å². The van der Waals surface area contributed by atoms with Gasteiger partial charge in [0.15, 0.2) is 12.4 Å². The average molecular weight is 237 g/mol. The highest BCUT2D eigenvalue weighted by Gasteiger charge is 2.32. The summed E-state index contributed by atoms with van der Waals surface area (Å²) in [5.41, 5.74) is 1.80. The van der Waals surface area contributed by atoms with E-state index in [0.29, 0.717) is 0 Å². The molecule has 8 heteroatoms. The minimum atomic E-state index is -1.77. The lowest BCUT2D eigenvalue weighted by Gasteiger charge is -2.25.